The predicted molar refractivity (Wildman–Crippen MR) is 85.7 cm³/mol. The fraction of sp³-hybridized carbons (Fsp3) is 0.647. The van der Waals surface area contributed by atoms with Crippen LogP contribution in [0.25, 0.3) is 0 Å². The molecule has 0 bridgehead atoms. The van der Waals surface area contributed by atoms with Crippen molar-refractivity contribution in [2.24, 2.45) is 0 Å². The van der Waals surface area contributed by atoms with E-state index in [1.807, 2.05) is 0 Å². The van der Waals surface area contributed by atoms with E-state index in [0.29, 0.717) is 6.10 Å². The van der Waals surface area contributed by atoms with Crippen LogP contribution in [0.1, 0.15) is 31.4 Å². The predicted octanol–water partition coefficient (Wildman–Crippen LogP) is 2.42. The largest absolute Gasteiger partial charge is 0.496 e. The molecule has 21 heavy (non-hydrogen) atoms. The van der Waals surface area contributed by atoms with Gasteiger partial charge in [-0.25, -0.2) is 0 Å². The fourth-order valence-electron chi connectivity index (χ4n) is 2.80. The standard InChI is InChI=1S/C17H28N2O2/c1-4-18-11-15-6-7-17(20-3)16(10-15)13-19-8-5-9-21-14(2)12-19/h6-7,10,14,18H,4-5,8-9,11-13H2,1-3H3. The number of nitrogens with one attached hydrogen (secondary N) is 1. The van der Waals surface area contributed by atoms with E-state index in [1.54, 1.807) is 7.11 Å². The van der Waals surface area contributed by atoms with Gasteiger partial charge in [-0.3, -0.25) is 4.90 Å². The Morgan fingerprint density at radius 1 is 1.43 bits per heavy atom. The maximum absolute atomic E-state index is 5.72. The van der Waals surface area contributed by atoms with E-state index in [-0.39, 0.29) is 0 Å². The van der Waals surface area contributed by atoms with Crippen molar-refractivity contribution in [3.05, 3.63) is 29.3 Å². The second-order valence-corrected chi connectivity index (χ2v) is 5.70. The number of hydrogen-bond acceptors (Lipinski definition) is 4. The maximum Gasteiger partial charge on any atom is 0.123 e. The molecule has 1 atom stereocenters. The summed E-state index contributed by atoms with van der Waals surface area (Å²) in [6.07, 6.45) is 1.41. The molecule has 0 amide bonds. The molecule has 1 heterocycles. The molecule has 1 aliphatic heterocycles. The number of nitrogens with zero attached hydrogens (tertiary/aromatic N) is 1. The first-order valence-electron chi connectivity index (χ1n) is 7.93. The SMILES string of the molecule is CCNCc1ccc(OC)c(CN2CCCOC(C)C2)c1. The first kappa shape index (κ1) is 16.3. The van der Waals surface area contributed by atoms with E-state index in [4.69, 9.17) is 9.47 Å². The lowest BCUT2D eigenvalue weighted by Crippen LogP contribution is -2.30. The summed E-state index contributed by atoms with van der Waals surface area (Å²) in [6.45, 7) is 10.0. The first-order valence-corrected chi connectivity index (χ1v) is 7.93. The van der Waals surface area contributed by atoms with Crippen LogP contribution in [0.3, 0.4) is 0 Å². The zero-order valence-corrected chi connectivity index (χ0v) is 13.5. The Kier molecular flexibility index (Phi) is 6.49. The summed E-state index contributed by atoms with van der Waals surface area (Å²) in [5.41, 5.74) is 2.58. The monoisotopic (exact) mass is 292 g/mol. The van der Waals surface area contributed by atoms with Gasteiger partial charge in [-0.1, -0.05) is 13.0 Å². The van der Waals surface area contributed by atoms with Crippen LogP contribution in [0.15, 0.2) is 18.2 Å². The summed E-state index contributed by atoms with van der Waals surface area (Å²) in [5, 5.41) is 3.38. The third-order valence-corrected chi connectivity index (χ3v) is 3.85. The van der Waals surface area contributed by atoms with Crippen molar-refractivity contribution in [3.8, 4) is 5.75 Å². The maximum atomic E-state index is 5.72. The van der Waals surface area contributed by atoms with E-state index in [0.717, 1.165) is 51.5 Å². The lowest BCUT2D eigenvalue weighted by Gasteiger charge is -2.23. The Morgan fingerprint density at radius 3 is 3.05 bits per heavy atom. The molecule has 0 spiro atoms. The van der Waals surface area contributed by atoms with Gasteiger partial charge in [0.2, 0.25) is 0 Å². The third-order valence-electron chi connectivity index (χ3n) is 3.85. The molecule has 0 radical (unpaired) electrons. The van der Waals surface area contributed by atoms with Gasteiger partial charge in [0.1, 0.15) is 5.75 Å². The van der Waals surface area contributed by atoms with Gasteiger partial charge in [-0.15, -0.1) is 0 Å². The number of benzene rings is 1. The molecule has 4 heteroatoms. The van der Waals surface area contributed by atoms with Crippen molar-refractivity contribution in [2.45, 2.75) is 39.5 Å². The highest BCUT2D eigenvalue weighted by atomic mass is 16.5. The Bertz CT molecular complexity index is 437. The van der Waals surface area contributed by atoms with Crippen molar-refractivity contribution < 1.29 is 9.47 Å². The number of methoxy groups -OCH3 is 1. The molecule has 0 aliphatic carbocycles. The summed E-state index contributed by atoms with van der Waals surface area (Å²) in [5.74, 6) is 0.980. The lowest BCUT2D eigenvalue weighted by atomic mass is 10.1. The van der Waals surface area contributed by atoms with E-state index < -0.39 is 0 Å². The third kappa shape index (κ3) is 4.99. The fourth-order valence-corrected chi connectivity index (χ4v) is 2.80. The van der Waals surface area contributed by atoms with Crippen LogP contribution in [0.5, 0.6) is 5.75 Å². The highest BCUT2D eigenvalue weighted by Crippen LogP contribution is 2.22. The molecule has 1 fully saturated rings. The molecule has 1 saturated heterocycles. The molecule has 2 rings (SSSR count). The number of rotatable bonds is 6. The van der Waals surface area contributed by atoms with Gasteiger partial charge in [0.25, 0.3) is 0 Å². The lowest BCUT2D eigenvalue weighted by molar-refractivity contribution is 0.0667. The smallest absolute Gasteiger partial charge is 0.123 e. The zero-order chi connectivity index (χ0) is 15.1. The van der Waals surface area contributed by atoms with Crippen LogP contribution in [-0.2, 0) is 17.8 Å². The van der Waals surface area contributed by atoms with Gasteiger partial charge >= 0.3 is 0 Å². The summed E-state index contributed by atoms with van der Waals surface area (Å²) in [6, 6.07) is 6.48. The molecule has 0 saturated carbocycles. The Balaban J connectivity index is 2.08. The van der Waals surface area contributed by atoms with Crippen molar-refractivity contribution in [1.29, 1.82) is 0 Å². The zero-order valence-electron chi connectivity index (χ0n) is 13.5. The van der Waals surface area contributed by atoms with Gasteiger partial charge in [0.15, 0.2) is 0 Å². The van der Waals surface area contributed by atoms with E-state index in [1.165, 1.54) is 11.1 Å². The average molecular weight is 292 g/mol. The van der Waals surface area contributed by atoms with Crippen LogP contribution < -0.4 is 10.1 Å². The molecular formula is C17H28N2O2. The van der Waals surface area contributed by atoms with Crippen molar-refractivity contribution in [1.82, 2.24) is 10.2 Å². The summed E-state index contributed by atoms with van der Waals surface area (Å²) in [7, 11) is 1.75. The minimum absolute atomic E-state index is 0.309. The van der Waals surface area contributed by atoms with Crippen LogP contribution in [-0.4, -0.2) is 44.4 Å². The van der Waals surface area contributed by atoms with E-state index in [9.17, 15) is 0 Å². The van der Waals surface area contributed by atoms with Gasteiger partial charge < -0.3 is 14.8 Å². The van der Waals surface area contributed by atoms with Crippen LogP contribution in [0.4, 0.5) is 0 Å². The van der Waals surface area contributed by atoms with E-state index >= 15 is 0 Å². The van der Waals surface area contributed by atoms with Crippen molar-refractivity contribution in [2.75, 3.05) is 33.4 Å². The minimum Gasteiger partial charge on any atom is -0.496 e. The van der Waals surface area contributed by atoms with Crippen molar-refractivity contribution >= 4 is 0 Å². The molecule has 1 aliphatic rings. The molecule has 4 nitrogen and oxygen atoms in total. The summed E-state index contributed by atoms with van der Waals surface area (Å²) < 4.78 is 11.2. The Labute approximate surface area is 128 Å². The number of ether oxygens (including phenoxy) is 2. The van der Waals surface area contributed by atoms with E-state index in [2.05, 4.69) is 42.3 Å². The molecule has 1 aromatic rings. The molecular weight excluding hydrogens is 264 g/mol. The molecule has 1 aromatic carbocycles. The van der Waals surface area contributed by atoms with Gasteiger partial charge in [0.05, 0.1) is 13.2 Å². The molecule has 0 aromatic heterocycles. The van der Waals surface area contributed by atoms with Gasteiger partial charge in [-0.05, 0) is 37.6 Å². The second-order valence-electron chi connectivity index (χ2n) is 5.70. The summed E-state index contributed by atoms with van der Waals surface area (Å²) >= 11 is 0. The Morgan fingerprint density at radius 2 is 2.29 bits per heavy atom. The minimum atomic E-state index is 0.309. The highest BCUT2D eigenvalue weighted by molar-refractivity contribution is 5.37. The van der Waals surface area contributed by atoms with Crippen molar-refractivity contribution in [3.63, 3.8) is 0 Å². The Hall–Kier alpha value is -1.10. The van der Waals surface area contributed by atoms with Crippen LogP contribution in [0.2, 0.25) is 0 Å². The second kappa shape index (κ2) is 8.37. The quantitative estimate of drug-likeness (QED) is 0.873. The average Bonchev–Trinajstić information content (AvgIpc) is 2.69. The normalized spacial score (nSPS) is 20.2. The molecule has 118 valence electrons. The summed E-state index contributed by atoms with van der Waals surface area (Å²) in [4.78, 5) is 2.46. The first-order chi connectivity index (χ1) is 10.2. The highest BCUT2D eigenvalue weighted by Gasteiger charge is 2.17. The van der Waals surface area contributed by atoms with Crippen LogP contribution >= 0.6 is 0 Å². The topological polar surface area (TPSA) is 33.7 Å². The molecule has 1 unspecified atom stereocenters. The van der Waals surface area contributed by atoms with Crippen LogP contribution in [0, 0.1) is 0 Å². The molecule has 1 N–H and O–H groups in total. The number of hydrogen-bond donors (Lipinski definition) is 1. The van der Waals surface area contributed by atoms with Gasteiger partial charge in [-0.2, -0.15) is 0 Å². The van der Waals surface area contributed by atoms with Gasteiger partial charge in [0, 0.05) is 38.3 Å².